The van der Waals surface area contributed by atoms with Crippen LogP contribution in [-0.2, 0) is 0 Å². The predicted octanol–water partition coefficient (Wildman–Crippen LogP) is 3.82. The highest BCUT2D eigenvalue weighted by Gasteiger charge is 2.02. The Morgan fingerprint density at radius 1 is 0.864 bits per heavy atom. The molecule has 0 aromatic heterocycles. The smallest absolute Gasteiger partial charge is 0.124 e. The van der Waals surface area contributed by atoms with Gasteiger partial charge in [-0.15, -0.1) is 0 Å². The van der Waals surface area contributed by atoms with Crippen LogP contribution in [0.25, 0.3) is 0 Å². The Morgan fingerprint density at radius 3 is 2.18 bits per heavy atom. The second kappa shape index (κ2) is 8.17. The first kappa shape index (κ1) is 16.0. The molecule has 4 nitrogen and oxygen atoms in total. The first-order chi connectivity index (χ1) is 10.7. The molecule has 0 aliphatic rings. The van der Waals surface area contributed by atoms with Crippen LogP contribution in [0.2, 0.25) is 0 Å². The molecule has 0 fully saturated rings. The molecular weight excluding hydrogens is 278 g/mol. The molecular formula is C18H23NO3. The van der Waals surface area contributed by atoms with Crippen molar-refractivity contribution in [1.82, 2.24) is 0 Å². The highest BCUT2D eigenvalue weighted by Crippen LogP contribution is 2.23. The number of hydrogen-bond acceptors (Lipinski definition) is 4. The second-order valence-corrected chi connectivity index (χ2v) is 5.05. The summed E-state index contributed by atoms with van der Waals surface area (Å²) in [5.41, 5.74) is 7.61. The van der Waals surface area contributed by atoms with Crippen molar-refractivity contribution in [2.45, 2.75) is 19.8 Å². The van der Waals surface area contributed by atoms with Gasteiger partial charge in [0.1, 0.15) is 17.2 Å². The maximum atomic E-state index is 5.85. The molecule has 0 saturated heterocycles. The van der Waals surface area contributed by atoms with Crippen molar-refractivity contribution in [3.8, 4) is 17.2 Å². The summed E-state index contributed by atoms with van der Waals surface area (Å²) in [6.07, 6.45) is 1.87. The molecule has 0 unspecified atom stereocenters. The summed E-state index contributed by atoms with van der Waals surface area (Å²) in [5, 5.41) is 0. The average Bonchev–Trinajstić information content (AvgIpc) is 2.55. The number of hydrogen-bond donors (Lipinski definition) is 1. The van der Waals surface area contributed by atoms with E-state index < -0.39 is 0 Å². The Kier molecular flexibility index (Phi) is 5.95. The fourth-order valence-electron chi connectivity index (χ4n) is 2.04. The third kappa shape index (κ3) is 4.58. The van der Waals surface area contributed by atoms with Crippen LogP contribution in [0.1, 0.15) is 18.4 Å². The number of benzene rings is 2. The molecule has 0 aliphatic heterocycles. The summed E-state index contributed by atoms with van der Waals surface area (Å²) in [6, 6.07) is 13.3. The molecule has 2 N–H and O–H groups in total. The number of nitrogens with two attached hydrogens (primary N) is 1. The normalized spacial score (nSPS) is 10.3. The fraction of sp³-hybridized carbons (Fsp3) is 0.333. The zero-order valence-corrected chi connectivity index (χ0v) is 13.2. The van der Waals surface area contributed by atoms with E-state index in [-0.39, 0.29) is 0 Å². The molecule has 0 aliphatic carbocycles. The van der Waals surface area contributed by atoms with Gasteiger partial charge in [0.25, 0.3) is 0 Å². The van der Waals surface area contributed by atoms with Gasteiger partial charge in [0, 0.05) is 11.3 Å². The van der Waals surface area contributed by atoms with Crippen molar-refractivity contribution in [2.24, 2.45) is 0 Å². The Labute approximate surface area is 131 Å². The topological polar surface area (TPSA) is 53.7 Å². The van der Waals surface area contributed by atoms with E-state index in [1.165, 1.54) is 0 Å². The van der Waals surface area contributed by atoms with Crippen molar-refractivity contribution in [3.63, 3.8) is 0 Å². The molecule has 118 valence electrons. The SMILES string of the molecule is COc1ccc(OCCCCOc2cccc(N)c2C)cc1. The van der Waals surface area contributed by atoms with Gasteiger partial charge in [-0.1, -0.05) is 6.07 Å². The van der Waals surface area contributed by atoms with Crippen LogP contribution in [0.3, 0.4) is 0 Å². The van der Waals surface area contributed by atoms with Crippen molar-refractivity contribution >= 4 is 5.69 Å². The van der Waals surface area contributed by atoms with Gasteiger partial charge >= 0.3 is 0 Å². The van der Waals surface area contributed by atoms with Gasteiger partial charge in [0.15, 0.2) is 0 Å². The monoisotopic (exact) mass is 301 g/mol. The molecule has 2 aromatic rings. The van der Waals surface area contributed by atoms with E-state index in [9.17, 15) is 0 Å². The summed E-state index contributed by atoms with van der Waals surface area (Å²) in [5.74, 6) is 2.54. The number of rotatable bonds is 8. The molecule has 4 heteroatoms. The van der Waals surface area contributed by atoms with E-state index in [1.807, 2.05) is 49.4 Å². The molecule has 0 radical (unpaired) electrons. The maximum absolute atomic E-state index is 5.85. The molecule has 0 bridgehead atoms. The minimum absolute atomic E-state index is 0.663. The molecule has 0 spiro atoms. The van der Waals surface area contributed by atoms with Gasteiger partial charge in [-0.05, 0) is 56.2 Å². The molecule has 0 heterocycles. The van der Waals surface area contributed by atoms with Crippen molar-refractivity contribution in [1.29, 1.82) is 0 Å². The van der Waals surface area contributed by atoms with Crippen LogP contribution in [-0.4, -0.2) is 20.3 Å². The number of unbranched alkanes of at least 4 members (excludes halogenated alkanes) is 1. The fourth-order valence-corrected chi connectivity index (χ4v) is 2.04. The third-order valence-corrected chi connectivity index (χ3v) is 3.45. The number of methoxy groups -OCH3 is 1. The highest BCUT2D eigenvalue weighted by atomic mass is 16.5. The van der Waals surface area contributed by atoms with Gasteiger partial charge in [-0.2, -0.15) is 0 Å². The summed E-state index contributed by atoms with van der Waals surface area (Å²) in [4.78, 5) is 0. The largest absolute Gasteiger partial charge is 0.497 e. The molecule has 22 heavy (non-hydrogen) atoms. The summed E-state index contributed by atoms with van der Waals surface area (Å²) in [6.45, 7) is 3.30. The van der Waals surface area contributed by atoms with E-state index in [4.69, 9.17) is 19.9 Å². The second-order valence-electron chi connectivity index (χ2n) is 5.05. The number of ether oxygens (including phenoxy) is 3. The number of nitrogen functional groups attached to an aromatic ring is 1. The average molecular weight is 301 g/mol. The van der Waals surface area contributed by atoms with Crippen LogP contribution in [0.5, 0.6) is 17.2 Å². The van der Waals surface area contributed by atoms with Gasteiger partial charge in [0.2, 0.25) is 0 Å². The summed E-state index contributed by atoms with van der Waals surface area (Å²) < 4.78 is 16.5. The highest BCUT2D eigenvalue weighted by molar-refractivity contribution is 5.53. The molecule has 2 rings (SSSR count). The molecule has 0 atom stereocenters. The minimum Gasteiger partial charge on any atom is -0.497 e. The van der Waals surface area contributed by atoms with Crippen LogP contribution in [0, 0.1) is 6.92 Å². The first-order valence-electron chi connectivity index (χ1n) is 7.45. The Bertz CT molecular complexity index is 581. The Balaban J connectivity index is 1.64. The van der Waals surface area contributed by atoms with Crippen molar-refractivity contribution in [2.75, 3.05) is 26.1 Å². The van der Waals surface area contributed by atoms with E-state index in [2.05, 4.69) is 0 Å². The van der Waals surface area contributed by atoms with E-state index in [0.717, 1.165) is 41.3 Å². The zero-order valence-electron chi connectivity index (χ0n) is 13.2. The van der Waals surface area contributed by atoms with E-state index in [1.54, 1.807) is 7.11 Å². The maximum Gasteiger partial charge on any atom is 0.124 e. The van der Waals surface area contributed by atoms with Crippen LogP contribution >= 0.6 is 0 Å². The standard InChI is InChI=1S/C18H23NO3/c1-14-17(19)6-5-7-18(14)22-13-4-3-12-21-16-10-8-15(20-2)9-11-16/h5-11H,3-4,12-13,19H2,1-2H3. The van der Waals surface area contributed by atoms with E-state index in [0.29, 0.717) is 13.2 Å². The minimum atomic E-state index is 0.663. The van der Waals surface area contributed by atoms with Crippen molar-refractivity contribution in [3.05, 3.63) is 48.0 Å². The summed E-state index contributed by atoms with van der Waals surface area (Å²) in [7, 11) is 1.65. The van der Waals surface area contributed by atoms with Gasteiger partial charge in [-0.25, -0.2) is 0 Å². The van der Waals surface area contributed by atoms with Gasteiger partial charge in [-0.3, -0.25) is 0 Å². The molecule has 2 aromatic carbocycles. The predicted molar refractivity (Wildman–Crippen MR) is 88.8 cm³/mol. The lowest BCUT2D eigenvalue weighted by atomic mass is 10.2. The van der Waals surface area contributed by atoms with Crippen LogP contribution < -0.4 is 19.9 Å². The third-order valence-electron chi connectivity index (χ3n) is 3.45. The molecule has 0 saturated carbocycles. The lowest BCUT2D eigenvalue weighted by molar-refractivity contribution is 0.265. The quantitative estimate of drug-likeness (QED) is 0.595. The van der Waals surface area contributed by atoms with Gasteiger partial charge in [0.05, 0.1) is 20.3 Å². The Hall–Kier alpha value is -2.36. The van der Waals surface area contributed by atoms with E-state index >= 15 is 0 Å². The lowest BCUT2D eigenvalue weighted by Crippen LogP contribution is -2.04. The number of anilines is 1. The lowest BCUT2D eigenvalue weighted by Gasteiger charge is -2.11. The van der Waals surface area contributed by atoms with Crippen molar-refractivity contribution < 1.29 is 14.2 Å². The summed E-state index contributed by atoms with van der Waals surface area (Å²) >= 11 is 0. The first-order valence-corrected chi connectivity index (χ1v) is 7.45. The van der Waals surface area contributed by atoms with Crippen LogP contribution in [0.4, 0.5) is 5.69 Å². The Morgan fingerprint density at radius 2 is 1.50 bits per heavy atom. The molecule has 0 amide bonds. The van der Waals surface area contributed by atoms with Crippen LogP contribution in [0.15, 0.2) is 42.5 Å². The van der Waals surface area contributed by atoms with Gasteiger partial charge < -0.3 is 19.9 Å². The zero-order chi connectivity index (χ0) is 15.8.